The van der Waals surface area contributed by atoms with Gasteiger partial charge in [0.15, 0.2) is 11.5 Å². The number of urea groups is 1. The van der Waals surface area contributed by atoms with Crippen LogP contribution in [0, 0.1) is 13.8 Å². The number of hydrogen-bond acceptors (Lipinski definition) is 5. The van der Waals surface area contributed by atoms with Gasteiger partial charge in [-0.05, 0) is 49.6 Å². The summed E-state index contributed by atoms with van der Waals surface area (Å²) in [4.78, 5) is 41.3. The predicted octanol–water partition coefficient (Wildman–Crippen LogP) is 2.89. The largest absolute Gasteiger partial charge is 0.490 e. The van der Waals surface area contributed by atoms with Crippen LogP contribution in [0.3, 0.4) is 0 Å². The maximum atomic E-state index is 13.3. The molecule has 0 aliphatic carbocycles. The molecule has 4 rings (SSSR count). The Balaban J connectivity index is 1.48. The summed E-state index contributed by atoms with van der Waals surface area (Å²) in [6, 6.07) is 10.7. The maximum Gasteiger partial charge on any atom is 0.325 e. The minimum atomic E-state index is -1.30. The van der Waals surface area contributed by atoms with Crippen LogP contribution >= 0.6 is 0 Å². The number of rotatable bonds is 5. The van der Waals surface area contributed by atoms with Gasteiger partial charge in [0.25, 0.3) is 5.91 Å². The summed E-state index contributed by atoms with van der Waals surface area (Å²) in [5.74, 6) is 0.351. The maximum absolute atomic E-state index is 13.3. The van der Waals surface area contributed by atoms with Crippen LogP contribution in [0.4, 0.5) is 4.79 Å². The van der Waals surface area contributed by atoms with Gasteiger partial charge < -0.3 is 19.7 Å². The molecule has 2 aromatic rings. The molecule has 0 bridgehead atoms. The number of imide groups is 1. The summed E-state index contributed by atoms with van der Waals surface area (Å²) in [6.45, 7) is 6.80. The predicted molar refractivity (Wildman–Crippen MR) is 122 cm³/mol. The number of amides is 4. The fourth-order valence-electron chi connectivity index (χ4n) is 4.13. The molecule has 0 aromatic heterocycles. The fourth-order valence-corrected chi connectivity index (χ4v) is 4.13. The average Bonchev–Trinajstić information content (AvgIpc) is 2.94. The first-order valence-corrected chi connectivity index (χ1v) is 11.0. The van der Waals surface area contributed by atoms with E-state index in [9.17, 15) is 14.4 Å². The number of hydrogen-bond donors (Lipinski definition) is 1. The van der Waals surface area contributed by atoms with Gasteiger partial charge in [-0.1, -0.05) is 29.8 Å². The highest BCUT2D eigenvalue weighted by atomic mass is 16.5. The summed E-state index contributed by atoms with van der Waals surface area (Å²) >= 11 is 0. The van der Waals surface area contributed by atoms with E-state index in [1.165, 1.54) is 4.90 Å². The number of ether oxygens (including phenoxy) is 2. The Labute approximate surface area is 193 Å². The summed E-state index contributed by atoms with van der Waals surface area (Å²) in [5, 5.41) is 2.75. The fraction of sp³-hybridized carbons (Fsp3) is 0.400. The number of benzene rings is 2. The lowest BCUT2D eigenvalue weighted by Gasteiger charge is -2.24. The van der Waals surface area contributed by atoms with Crippen LogP contribution in [-0.2, 0) is 21.7 Å². The molecule has 0 radical (unpaired) electrons. The summed E-state index contributed by atoms with van der Waals surface area (Å²) in [6.07, 6.45) is 0.766. The first-order chi connectivity index (χ1) is 15.7. The SMILES string of the molecule is Cc1ccc(CN(C)C(=O)CN2C(=O)NC(C)(c3ccc4c(c3)OCCCO4)C2=O)c(C)c1. The van der Waals surface area contributed by atoms with Gasteiger partial charge in [-0.25, -0.2) is 4.79 Å². The third kappa shape index (κ3) is 4.37. The van der Waals surface area contributed by atoms with Crippen molar-refractivity contribution in [1.82, 2.24) is 15.1 Å². The number of nitrogens with one attached hydrogen (secondary N) is 1. The van der Waals surface area contributed by atoms with Gasteiger partial charge >= 0.3 is 6.03 Å². The van der Waals surface area contributed by atoms with Crippen molar-refractivity contribution in [1.29, 1.82) is 0 Å². The van der Waals surface area contributed by atoms with Crippen molar-refractivity contribution in [3.63, 3.8) is 0 Å². The quantitative estimate of drug-likeness (QED) is 0.707. The highest BCUT2D eigenvalue weighted by Crippen LogP contribution is 2.36. The van der Waals surface area contributed by atoms with Gasteiger partial charge in [0.05, 0.1) is 13.2 Å². The third-order valence-electron chi connectivity index (χ3n) is 6.22. The van der Waals surface area contributed by atoms with Crippen LogP contribution in [0.1, 0.15) is 35.6 Å². The minimum absolute atomic E-state index is 0.318. The summed E-state index contributed by atoms with van der Waals surface area (Å²) < 4.78 is 11.4. The molecule has 2 aliphatic rings. The van der Waals surface area contributed by atoms with Crippen molar-refractivity contribution in [3.8, 4) is 11.5 Å². The van der Waals surface area contributed by atoms with E-state index in [-0.39, 0.29) is 12.5 Å². The zero-order chi connectivity index (χ0) is 23.8. The molecule has 33 heavy (non-hydrogen) atoms. The summed E-state index contributed by atoms with van der Waals surface area (Å²) in [7, 11) is 1.67. The smallest absolute Gasteiger partial charge is 0.325 e. The highest BCUT2D eigenvalue weighted by molar-refractivity contribution is 6.09. The van der Waals surface area contributed by atoms with E-state index >= 15 is 0 Å². The number of carbonyl (C=O) groups is 3. The van der Waals surface area contributed by atoms with Crippen LogP contribution < -0.4 is 14.8 Å². The molecule has 2 heterocycles. The molecule has 2 aliphatic heterocycles. The van der Waals surface area contributed by atoms with E-state index in [4.69, 9.17) is 9.47 Å². The second-order valence-electron chi connectivity index (χ2n) is 8.84. The number of nitrogens with zero attached hydrogens (tertiary/aromatic N) is 2. The van der Waals surface area contributed by atoms with Crippen molar-refractivity contribution < 1.29 is 23.9 Å². The van der Waals surface area contributed by atoms with Crippen LogP contribution in [-0.4, -0.2) is 54.5 Å². The van der Waals surface area contributed by atoms with Crippen molar-refractivity contribution in [2.24, 2.45) is 0 Å². The molecular weight excluding hydrogens is 422 g/mol. The van der Waals surface area contributed by atoms with Crippen molar-refractivity contribution >= 4 is 17.8 Å². The normalized spacial score (nSPS) is 19.8. The van der Waals surface area contributed by atoms with E-state index in [0.29, 0.717) is 36.8 Å². The van der Waals surface area contributed by atoms with Gasteiger partial charge in [0, 0.05) is 20.0 Å². The number of carbonyl (C=O) groups excluding carboxylic acids is 3. The van der Waals surface area contributed by atoms with E-state index in [1.54, 1.807) is 32.2 Å². The topological polar surface area (TPSA) is 88.2 Å². The molecule has 1 N–H and O–H groups in total. The Morgan fingerprint density at radius 1 is 1.09 bits per heavy atom. The summed E-state index contributed by atoms with van der Waals surface area (Å²) in [5.41, 5.74) is 2.54. The van der Waals surface area contributed by atoms with E-state index in [2.05, 4.69) is 11.4 Å². The average molecular weight is 452 g/mol. The van der Waals surface area contributed by atoms with Gasteiger partial charge in [-0.2, -0.15) is 0 Å². The molecule has 8 heteroatoms. The number of likely N-dealkylation sites (N-methyl/N-ethyl adjacent to an activating group) is 1. The monoisotopic (exact) mass is 451 g/mol. The lowest BCUT2D eigenvalue weighted by Crippen LogP contribution is -2.43. The van der Waals surface area contributed by atoms with Crippen molar-refractivity contribution in [3.05, 3.63) is 58.7 Å². The molecule has 1 fully saturated rings. The zero-order valence-electron chi connectivity index (χ0n) is 19.4. The van der Waals surface area contributed by atoms with Crippen LogP contribution in [0.5, 0.6) is 11.5 Å². The molecule has 0 spiro atoms. The molecule has 0 saturated carbocycles. The number of aryl methyl sites for hydroxylation is 2. The second-order valence-corrected chi connectivity index (χ2v) is 8.84. The lowest BCUT2D eigenvalue weighted by atomic mass is 9.91. The third-order valence-corrected chi connectivity index (χ3v) is 6.22. The molecule has 174 valence electrons. The Morgan fingerprint density at radius 3 is 2.55 bits per heavy atom. The first-order valence-electron chi connectivity index (χ1n) is 11.0. The van der Waals surface area contributed by atoms with Gasteiger partial charge in [0.2, 0.25) is 5.91 Å². The van der Waals surface area contributed by atoms with Gasteiger partial charge in [-0.3, -0.25) is 14.5 Å². The Morgan fingerprint density at radius 2 is 1.82 bits per heavy atom. The van der Waals surface area contributed by atoms with Crippen LogP contribution in [0.25, 0.3) is 0 Å². The van der Waals surface area contributed by atoms with Crippen LogP contribution in [0.15, 0.2) is 36.4 Å². The van der Waals surface area contributed by atoms with Crippen molar-refractivity contribution in [2.45, 2.75) is 39.3 Å². The number of fused-ring (bicyclic) bond motifs is 1. The van der Waals surface area contributed by atoms with Gasteiger partial charge in [0.1, 0.15) is 12.1 Å². The van der Waals surface area contributed by atoms with E-state index < -0.39 is 17.5 Å². The minimum Gasteiger partial charge on any atom is -0.490 e. The second kappa shape index (κ2) is 8.77. The Kier molecular flexibility index (Phi) is 6.01. The van der Waals surface area contributed by atoms with Gasteiger partial charge in [-0.15, -0.1) is 0 Å². The molecule has 1 unspecified atom stereocenters. The van der Waals surface area contributed by atoms with Crippen molar-refractivity contribution in [2.75, 3.05) is 26.8 Å². The van der Waals surface area contributed by atoms with Crippen LogP contribution in [0.2, 0.25) is 0 Å². The molecule has 1 saturated heterocycles. The molecule has 2 aromatic carbocycles. The Hall–Kier alpha value is -3.55. The molecule has 4 amide bonds. The highest BCUT2D eigenvalue weighted by Gasteiger charge is 2.50. The standard InChI is InChI=1S/C25H29N3O5/c1-16-6-7-18(17(2)12-16)14-27(4)22(29)15-28-23(30)25(3,26-24(28)31)19-8-9-20-21(13-19)33-11-5-10-32-20/h6-9,12-13H,5,10-11,14-15H2,1-4H3,(H,26,31). The molecular formula is C25H29N3O5. The first kappa shape index (κ1) is 22.6. The molecule has 8 nitrogen and oxygen atoms in total. The molecule has 1 atom stereocenters. The van der Waals surface area contributed by atoms with E-state index in [0.717, 1.165) is 28.0 Å². The lowest BCUT2D eigenvalue weighted by molar-refractivity contribution is -0.138. The van der Waals surface area contributed by atoms with E-state index in [1.807, 2.05) is 26.0 Å². The zero-order valence-corrected chi connectivity index (χ0v) is 19.4. The Bertz CT molecular complexity index is 1120.